The van der Waals surface area contributed by atoms with E-state index in [4.69, 9.17) is 9.47 Å². The lowest BCUT2D eigenvalue weighted by molar-refractivity contribution is 0.0950. The number of para-hydroxylation sites is 1. The Balaban J connectivity index is 1.66. The molecule has 2 aromatic carbocycles. The normalized spacial score (nSPS) is 10.4. The van der Waals surface area contributed by atoms with Crippen molar-refractivity contribution in [2.75, 3.05) is 13.7 Å². The minimum absolute atomic E-state index is 0.180. The maximum Gasteiger partial charge on any atom is 0.251 e. The summed E-state index contributed by atoms with van der Waals surface area (Å²) in [4.78, 5) is 12.4. The maximum atomic E-state index is 12.4. The van der Waals surface area contributed by atoms with Crippen LogP contribution in [0.4, 0.5) is 0 Å². The fraction of sp³-hybridized carbons (Fsp3) is 0.200. The average Bonchev–Trinajstić information content (AvgIpc) is 3.16. The lowest BCUT2D eigenvalue weighted by atomic mass is 10.2. The molecule has 0 fully saturated rings. The molecule has 1 heterocycles. The van der Waals surface area contributed by atoms with Crippen LogP contribution in [-0.4, -0.2) is 29.4 Å². The van der Waals surface area contributed by atoms with E-state index in [1.54, 1.807) is 36.2 Å². The maximum absolute atomic E-state index is 12.4. The van der Waals surface area contributed by atoms with Crippen LogP contribution < -0.4 is 14.8 Å². The number of ether oxygens (including phenoxy) is 2. The molecule has 0 saturated carbocycles. The van der Waals surface area contributed by atoms with E-state index in [9.17, 15) is 4.79 Å². The number of benzene rings is 2. The fourth-order valence-electron chi connectivity index (χ4n) is 2.54. The Kier molecular flexibility index (Phi) is 5.53. The third-order valence-corrected chi connectivity index (χ3v) is 3.84. The van der Waals surface area contributed by atoms with E-state index < -0.39 is 0 Å². The second-order valence-corrected chi connectivity index (χ2v) is 5.61. The van der Waals surface area contributed by atoms with Gasteiger partial charge in [0, 0.05) is 23.9 Å². The third-order valence-electron chi connectivity index (χ3n) is 3.84. The summed E-state index contributed by atoms with van der Waals surface area (Å²) in [6, 6.07) is 14.9. The molecule has 26 heavy (non-hydrogen) atoms. The van der Waals surface area contributed by atoms with E-state index >= 15 is 0 Å². The Labute approximate surface area is 152 Å². The Morgan fingerprint density at radius 2 is 1.96 bits per heavy atom. The van der Waals surface area contributed by atoms with Gasteiger partial charge >= 0.3 is 0 Å². The average molecular weight is 351 g/mol. The highest BCUT2D eigenvalue weighted by Crippen LogP contribution is 2.28. The largest absolute Gasteiger partial charge is 0.493 e. The molecule has 3 rings (SSSR count). The van der Waals surface area contributed by atoms with E-state index in [0.717, 1.165) is 11.3 Å². The van der Waals surface area contributed by atoms with Gasteiger partial charge in [0.1, 0.15) is 0 Å². The van der Waals surface area contributed by atoms with Gasteiger partial charge in [-0.05, 0) is 37.3 Å². The zero-order chi connectivity index (χ0) is 18.4. The molecule has 134 valence electrons. The van der Waals surface area contributed by atoms with E-state index in [1.807, 2.05) is 43.5 Å². The summed E-state index contributed by atoms with van der Waals surface area (Å²) in [7, 11) is 1.57. The van der Waals surface area contributed by atoms with Crippen molar-refractivity contribution in [1.82, 2.24) is 15.1 Å². The lowest BCUT2D eigenvalue weighted by Crippen LogP contribution is -2.22. The van der Waals surface area contributed by atoms with Gasteiger partial charge in [-0.2, -0.15) is 5.10 Å². The number of rotatable bonds is 7. The Hall–Kier alpha value is -3.28. The molecular weight excluding hydrogens is 330 g/mol. The first-order valence-electron chi connectivity index (χ1n) is 8.39. The molecule has 0 atom stereocenters. The second kappa shape index (κ2) is 8.20. The summed E-state index contributed by atoms with van der Waals surface area (Å²) in [6.07, 6.45) is 3.64. The summed E-state index contributed by atoms with van der Waals surface area (Å²) in [6.45, 7) is 2.78. The molecule has 0 saturated heterocycles. The van der Waals surface area contributed by atoms with Crippen LogP contribution in [0.2, 0.25) is 0 Å². The quantitative estimate of drug-likeness (QED) is 0.710. The number of hydrogen-bond acceptors (Lipinski definition) is 4. The van der Waals surface area contributed by atoms with Crippen LogP contribution in [0, 0.1) is 0 Å². The highest BCUT2D eigenvalue weighted by Gasteiger charge is 2.11. The van der Waals surface area contributed by atoms with E-state index in [-0.39, 0.29) is 5.91 Å². The molecule has 0 spiro atoms. The highest BCUT2D eigenvalue weighted by molar-refractivity contribution is 5.94. The number of hydrogen-bond donors (Lipinski definition) is 1. The molecule has 0 aliphatic carbocycles. The van der Waals surface area contributed by atoms with E-state index in [0.29, 0.717) is 30.2 Å². The predicted octanol–water partition coefficient (Wildman–Crippen LogP) is 3.21. The standard InChI is InChI=1S/C20H21N3O3/c1-3-26-19-11-16(9-10-18(19)25-2)20(24)21-12-15-13-22-23(14-15)17-7-5-4-6-8-17/h4-11,13-14H,3,12H2,1-2H3,(H,21,24). The minimum Gasteiger partial charge on any atom is -0.493 e. The van der Waals surface area contributed by atoms with Gasteiger partial charge in [0.2, 0.25) is 0 Å². The van der Waals surface area contributed by atoms with Gasteiger partial charge in [-0.15, -0.1) is 0 Å². The van der Waals surface area contributed by atoms with Crippen molar-refractivity contribution in [3.8, 4) is 17.2 Å². The lowest BCUT2D eigenvalue weighted by Gasteiger charge is -2.11. The monoisotopic (exact) mass is 351 g/mol. The number of carbonyl (C=O) groups excluding carboxylic acids is 1. The molecule has 0 aliphatic heterocycles. The van der Waals surface area contributed by atoms with Gasteiger partial charge in [-0.3, -0.25) is 4.79 Å². The van der Waals surface area contributed by atoms with Gasteiger partial charge in [-0.25, -0.2) is 4.68 Å². The van der Waals surface area contributed by atoms with E-state index in [2.05, 4.69) is 10.4 Å². The van der Waals surface area contributed by atoms with Gasteiger partial charge in [0.25, 0.3) is 5.91 Å². The SMILES string of the molecule is CCOc1cc(C(=O)NCc2cnn(-c3ccccc3)c2)ccc1OC. The molecule has 1 amide bonds. The number of carbonyl (C=O) groups is 1. The van der Waals surface area contributed by atoms with Crippen molar-refractivity contribution < 1.29 is 14.3 Å². The topological polar surface area (TPSA) is 65.4 Å². The van der Waals surface area contributed by atoms with Crippen molar-refractivity contribution in [3.63, 3.8) is 0 Å². The first-order valence-corrected chi connectivity index (χ1v) is 8.39. The molecule has 6 heteroatoms. The van der Waals surface area contributed by atoms with Crippen LogP contribution >= 0.6 is 0 Å². The zero-order valence-electron chi connectivity index (χ0n) is 14.8. The fourth-order valence-corrected chi connectivity index (χ4v) is 2.54. The molecular formula is C20H21N3O3. The van der Waals surface area contributed by atoms with Crippen LogP contribution in [0.25, 0.3) is 5.69 Å². The number of aromatic nitrogens is 2. The Morgan fingerprint density at radius 1 is 1.15 bits per heavy atom. The summed E-state index contributed by atoms with van der Waals surface area (Å²) in [5, 5.41) is 7.23. The van der Waals surface area contributed by atoms with Crippen LogP contribution in [-0.2, 0) is 6.54 Å². The molecule has 3 aromatic rings. The van der Waals surface area contributed by atoms with Gasteiger partial charge in [0.15, 0.2) is 11.5 Å². The zero-order valence-corrected chi connectivity index (χ0v) is 14.8. The summed E-state index contributed by atoms with van der Waals surface area (Å²) >= 11 is 0. The number of amides is 1. The summed E-state index contributed by atoms with van der Waals surface area (Å²) in [5.41, 5.74) is 2.41. The third kappa shape index (κ3) is 4.03. The minimum atomic E-state index is -0.180. The predicted molar refractivity (Wildman–Crippen MR) is 98.9 cm³/mol. The van der Waals surface area contributed by atoms with Crippen LogP contribution in [0.5, 0.6) is 11.5 Å². The van der Waals surface area contributed by atoms with Crippen molar-refractivity contribution in [3.05, 3.63) is 72.1 Å². The highest BCUT2D eigenvalue weighted by atomic mass is 16.5. The first-order chi connectivity index (χ1) is 12.7. The van der Waals surface area contributed by atoms with Crippen molar-refractivity contribution in [2.24, 2.45) is 0 Å². The number of nitrogens with zero attached hydrogens (tertiary/aromatic N) is 2. The van der Waals surface area contributed by atoms with Gasteiger partial charge in [0.05, 0.1) is 25.6 Å². The van der Waals surface area contributed by atoms with Crippen LogP contribution in [0.3, 0.4) is 0 Å². The smallest absolute Gasteiger partial charge is 0.251 e. The number of methoxy groups -OCH3 is 1. The van der Waals surface area contributed by atoms with Crippen molar-refractivity contribution in [1.29, 1.82) is 0 Å². The van der Waals surface area contributed by atoms with E-state index in [1.165, 1.54) is 0 Å². The molecule has 6 nitrogen and oxygen atoms in total. The van der Waals surface area contributed by atoms with Crippen molar-refractivity contribution in [2.45, 2.75) is 13.5 Å². The molecule has 0 bridgehead atoms. The Bertz CT molecular complexity index is 875. The molecule has 0 unspecified atom stereocenters. The Morgan fingerprint density at radius 3 is 2.69 bits per heavy atom. The van der Waals surface area contributed by atoms with Crippen LogP contribution in [0.1, 0.15) is 22.8 Å². The summed E-state index contributed by atoms with van der Waals surface area (Å²) < 4.78 is 12.5. The van der Waals surface area contributed by atoms with Gasteiger partial charge < -0.3 is 14.8 Å². The summed E-state index contributed by atoms with van der Waals surface area (Å²) in [5.74, 6) is 0.980. The number of nitrogens with one attached hydrogen (secondary N) is 1. The molecule has 0 radical (unpaired) electrons. The second-order valence-electron chi connectivity index (χ2n) is 5.61. The van der Waals surface area contributed by atoms with Crippen LogP contribution in [0.15, 0.2) is 60.9 Å². The first kappa shape index (κ1) is 17.5. The van der Waals surface area contributed by atoms with Gasteiger partial charge in [-0.1, -0.05) is 18.2 Å². The molecule has 1 N–H and O–H groups in total. The van der Waals surface area contributed by atoms with Crippen molar-refractivity contribution >= 4 is 5.91 Å². The molecule has 1 aromatic heterocycles. The molecule has 0 aliphatic rings.